The predicted octanol–water partition coefficient (Wildman–Crippen LogP) is 5.63. The van der Waals surface area contributed by atoms with Crippen LogP contribution in [0.15, 0.2) is 47.5 Å². The second kappa shape index (κ2) is 8.14. The van der Waals surface area contributed by atoms with Gasteiger partial charge in [0.15, 0.2) is 0 Å². The molecule has 3 rings (SSSR count). The summed E-state index contributed by atoms with van der Waals surface area (Å²) < 4.78 is 5.91. The minimum atomic E-state index is 0.527. The summed E-state index contributed by atoms with van der Waals surface area (Å²) in [6.07, 6.45) is 8.53. The molecule has 0 atom stereocenters. The molecule has 2 aromatic carbocycles. The lowest BCUT2D eigenvalue weighted by atomic mass is 9.96. The zero-order valence-corrected chi connectivity index (χ0v) is 14.8. The van der Waals surface area contributed by atoms with Gasteiger partial charge in [-0.2, -0.15) is 0 Å². The van der Waals surface area contributed by atoms with Crippen LogP contribution in [0.2, 0.25) is 0 Å². The fraction of sp³-hybridized carbons (Fsp3) is 0.409. The second-order valence-corrected chi connectivity index (χ2v) is 6.92. The highest BCUT2D eigenvalue weighted by molar-refractivity contribution is 5.79. The zero-order chi connectivity index (χ0) is 16.8. The Morgan fingerprint density at radius 3 is 2.29 bits per heavy atom. The molecule has 1 saturated carbocycles. The Hall–Kier alpha value is -2.09. The van der Waals surface area contributed by atoms with Gasteiger partial charge in [0.25, 0.3) is 0 Å². The zero-order valence-electron chi connectivity index (χ0n) is 14.8. The van der Waals surface area contributed by atoms with Crippen molar-refractivity contribution in [2.45, 2.75) is 58.6 Å². The lowest BCUT2D eigenvalue weighted by molar-refractivity contribution is 0.306. The van der Waals surface area contributed by atoms with Crippen LogP contribution >= 0.6 is 0 Å². The summed E-state index contributed by atoms with van der Waals surface area (Å²) in [4.78, 5) is 4.73. The molecule has 0 heterocycles. The summed E-state index contributed by atoms with van der Waals surface area (Å²) in [6, 6.07) is 15.3. The highest BCUT2D eigenvalue weighted by Crippen LogP contribution is 2.20. The second-order valence-electron chi connectivity index (χ2n) is 6.92. The van der Waals surface area contributed by atoms with Crippen molar-refractivity contribution in [3.05, 3.63) is 64.7 Å². The van der Waals surface area contributed by atoms with Gasteiger partial charge in [-0.25, -0.2) is 0 Å². The van der Waals surface area contributed by atoms with Crippen molar-refractivity contribution < 1.29 is 4.74 Å². The maximum absolute atomic E-state index is 5.91. The third kappa shape index (κ3) is 4.95. The van der Waals surface area contributed by atoms with Gasteiger partial charge in [-0.15, -0.1) is 0 Å². The van der Waals surface area contributed by atoms with E-state index in [1.807, 2.05) is 18.3 Å². The average Bonchev–Trinajstić information content (AvgIpc) is 2.59. The first-order valence-electron chi connectivity index (χ1n) is 9.02. The van der Waals surface area contributed by atoms with Gasteiger partial charge in [0.05, 0.1) is 0 Å². The van der Waals surface area contributed by atoms with Crippen molar-refractivity contribution in [2.75, 3.05) is 0 Å². The van der Waals surface area contributed by atoms with Crippen LogP contribution in [-0.4, -0.2) is 12.3 Å². The quantitative estimate of drug-likeness (QED) is 0.654. The lowest BCUT2D eigenvalue weighted by Crippen LogP contribution is -2.09. The highest BCUT2D eigenvalue weighted by Gasteiger charge is 2.10. The molecule has 2 heteroatoms. The van der Waals surface area contributed by atoms with E-state index in [2.05, 4.69) is 44.2 Å². The molecule has 1 aliphatic rings. The first-order chi connectivity index (χ1) is 11.7. The van der Waals surface area contributed by atoms with Crippen molar-refractivity contribution in [3.8, 4) is 5.75 Å². The normalized spacial score (nSPS) is 15.8. The summed E-state index contributed by atoms with van der Waals surface area (Å²) in [6.45, 7) is 4.85. The van der Waals surface area contributed by atoms with Gasteiger partial charge in [0.2, 0.25) is 0 Å². The highest BCUT2D eigenvalue weighted by atomic mass is 16.5. The number of hydrogen-bond donors (Lipinski definition) is 0. The van der Waals surface area contributed by atoms with E-state index < -0.39 is 0 Å². The van der Waals surface area contributed by atoms with Gasteiger partial charge in [0, 0.05) is 12.3 Å². The molecule has 0 N–H and O–H groups in total. The molecule has 0 aromatic heterocycles. The summed E-state index contributed by atoms with van der Waals surface area (Å²) in [5.74, 6) is 0.906. The average molecular weight is 321 g/mol. The van der Waals surface area contributed by atoms with Gasteiger partial charge in [0.1, 0.15) is 12.4 Å². The molecular formula is C22H27NO. The minimum absolute atomic E-state index is 0.527. The Bertz CT molecular complexity index is 661. The smallest absolute Gasteiger partial charge is 0.119 e. The maximum Gasteiger partial charge on any atom is 0.119 e. The topological polar surface area (TPSA) is 21.6 Å². The minimum Gasteiger partial charge on any atom is -0.489 e. The van der Waals surface area contributed by atoms with Gasteiger partial charge in [-0.1, -0.05) is 48.6 Å². The van der Waals surface area contributed by atoms with Gasteiger partial charge >= 0.3 is 0 Å². The Kier molecular flexibility index (Phi) is 5.68. The number of hydrogen-bond acceptors (Lipinski definition) is 2. The molecule has 0 spiro atoms. The molecule has 0 radical (unpaired) electrons. The molecule has 0 amide bonds. The number of ether oxygens (including phenoxy) is 1. The van der Waals surface area contributed by atoms with Crippen LogP contribution in [-0.2, 0) is 6.61 Å². The lowest BCUT2D eigenvalue weighted by Gasteiger charge is -2.17. The summed E-state index contributed by atoms with van der Waals surface area (Å²) in [5.41, 5.74) is 4.93. The molecule has 0 aliphatic heterocycles. The van der Waals surface area contributed by atoms with Crippen molar-refractivity contribution in [1.29, 1.82) is 0 Å². The fourth-order valence-electron chi connectivity index (χ4n) is 3.39. The van der Waals surface area contributed by atoms with Crippen LogP contribution in [0.25, 0.3) is 0 Å². The Morgan fingerprint density at radius 2 is 1.62 bits per heavy atom. The van der Waals surface area contributed by atoms with E-state index in [0.717, 1.165) is 11.3 Å². The maximum atomic E-state index is 5.91. The number of nitrogens with zero attached hydrogens (tertiary/aromatic N) is 1. The van der Waals surface area contributed by atoms with Gasteiger partial charge < -0.3 is 4.74 Å². The third-order valence-electron chi connectivity index (χ3n) is 4.58. The van der Waals surface area contributed by atoms with Crippen LogP contribution in [0.3, 0.4) is 0 Å². The first kappa shape index (κ1) is 16.8. The molecule has 2 nitrogen and oxygen atoms in total. The molecular weight excluding hydrogens is 294 g/mol. The molecule has 1 fully saturated rings. The molecule has 0 bridgehead atoms. The van der Waals surface area contributed by atoms with E-state index in [1.54, 1.807) is 0 Å². The SMILES string of the molecule is Cc1cc(C)cc(COc2ccc(C=NC3CCCCC3)cc2)c1. The molecule has 126 valence electrons. The molecule has 0 saturated heterocycles. The van der Waals surface area contributed by atoms with Crippen LogP contribution in [0.4, 0.5) is 0 Å². The van der Waals surface area contributed by atoms with Crippen LogP contribution < -0.4 is 4.74 Å². The Morgan fingerprint density at radius 1 is 0.958 bits per heavy atom. The molecule has 0 unspecified atom stereocenters. The molecule has 1 aliphatic carbocycles. The van der Waals surface area contributed by atoms with E-state index in [-0.39, 0.29) is 0 Å². The van der Waals surface area contributed by atoms with Gasteiger partial charge in [-0.3, -0.25) is 4.99 Å². The number of benzene rings is 2. The number of aryl methyl sites for hydroxylation is 2. The van der Waals surface area contributed by atoms with Crippen molar-refractivity contribution >= 4 is 6.21 Å². The van der Waals surface area contributed by atoms with Crippen LogP contribution in [0, 0.1) is 13.8 Å². The number of rotatable bonds is 5. The van der Waals surface area contributed by atoms with E-state index in [9.17, 15) is 0 Å². The Labute approximate surface area is 145 Å². The largest absolute Gasteiger partial charge is 0.489 e. The predicted molar refractivity (Wildman–Crippen MR) is 101 cm³/mol. The summed E-state index contributed by atoms with van der Waals surface area (Å²) in [7, 11) is 0. The van der Waals surface area contributed by atoms with Crippen molar-refractivity contribution in [1.82, 2.24) is 0 Å². The number of aliphatic imine (C=N–C) groups is 1. The molecule has 2 aromatic rings. The van der Waals surface area contributed by atoms with Crippen molar-refractivity contribution in [3.63, 3.8) is 0 Å². The monoisotopic (exact) mass is 321 g/mol. The first-order valence-corrected chi connectivity index (χ1v) is 9.02. The summed E-state index contributed by atoms with van der Waals surface area (Å²) >= 11 is 0. The fourth-order valence-corrected chi connectivity index (χ4v) is 3.39. The van der Waals surface area contributed by atoms with Crippen LogP contribution in [0.5, 0.6) is 5.75 Å². The third-order valence-corrected chi connectivity index (χ3v) is 4.58. The van der Waals surface area contributed by atoms with E-state index in [1.165, 1.54) is 48.8 Å². The van der Waals surface area contributed by atoms with Crippen LogP contribution in [0.1, 0.15) is 54.4 Å². The standard InChI is InChI=1S/C22H27NO/c1-17-12-18(2)14-20(13-17)16-24-22-10-8-19(9-11-22)15-23-21-6-4-3-5-7-21/h8-15,21H,3-7,16H2,1-2H3. The Balaban J connectivity index is 1.55. The molecule has 24 heavy (non-hydrogen) atoms. The van der Waals surface area contributed by atoms with Crippen molar-refractivity contribution in [2.24, 2.45) is 4.99 Å². The summed E-state index contributed by atoms with van der Waals surface area (Å²) in [5, 5.41) is 0. The van der Waals surface area contributed by atoms with E-state index >= 15 is 0 Å². The van der Waals surface area contributed by atoms with Gasteiger partial charge in [-0.05, 0) is 62.1 Å². The van der Waals surface area contributed by atoms with E-state index in [4.69, 9.17) is 9.73 Å². The van der Waals surface area contributed by atoms with E-state index in [0.29, 0.717) is 12.6 Å².